The van der Waals surface area contributed by atoms with Gasteiger partial charge in [0.05, 0.1) is 0 Å². The van der Waals surface area contributed by atoms with Gasteiger partial charge in [0.2, 0.25) is 0 Å². The van der Waals surface area contributed by atoms with E-state index in [9.17, 15) is 4.79 Å². The van der Waals surface area contributed by atoms with Crippen molar-refractivity contribution in [2.75, 3.05) is 0 Å². The number of halogens is 1. The highest BCUT2D eigenvalue weighted by atomic mass is 35.5. The minimum absolute atomic E-state index is 0.268. The Balaban J connectivity index is 2.25. The highest BCUT2D eigenvalue weighted by Crippen LogP contribution is 2.35. The Bertz CT molecular complexity index is 919. The van der Waals surface area contributed by atoms with Crippen molar-refractivity contribution in [3.63, 3.8) is 0 Å². The van der Waals surface area contributed by atoms with Crippen molar-refractivity contribution in [3.05, 3.63) is 65.4 Å². The summed E-state index contributed by atoms with van der Waals surface area (Å²) in [5.74, 6) is -0.761. The van der Waals surface area contributed by atoms with Crippen LogP contribution in [-0.4, -0.2) is 16.9 Å². The van der Waals surface area contributed by atoms with Gasteiger partial charge in [-0.15, -0.1) is 0 Å². The summed E-state index contributed by atoms with van der Waals surface area (Å²) >= 11 is 6.38. The van der Waals surface area contributed by atoms with Crippen molar-refractivity contribution in [1.82, 2.24) is 4.98 Å². The van der Waals surface area contributed by atoms with Gasteiger partial charge < -0.3 is 11.5 Å². The van der Waals surface area contributed by atoms with E-state index in [-0.39, 0.29) is 5.96 Å². The van der Waals surface area contributed by atoms with Gasteiger partial charge in [0.1, 0.15) is 0 Å². The summed E-state index contributed by atoms with van der Waals surface area (Å²) in [4.78, 5) is 19.6. The molecule has 0 atom stereocenters. The predicted octanol–water partition coefficient (Wildman–Crippen LogP) is 2.97. The molecule has 0 saturated carbocycles. The van der Waals surface area contributed by atoms with Gasteiger partial charge in [-0.1, -0.05) is 23.7 Å². The van der Waals surface area contributed by atoms with Gasteiger partial charge in [0.25, 0.3) is 5.91 Å². The lowest BCUT2D eigenvalue weighted by Gasteiger charge is -2.10. The zero-order chi connectivity index (χ0) is 16.4. The van der Waals surface area contributed by atoms with Crippen molar-refractivity contribution in [3.8, 4) is 11.1 Å². The number of benzene rings is 2. The van der Waals surface area contributed by atoms with Crippen LogP contribution in [0.5, 0.6) is 0 Å². The van der Waals surface area contributed by atoms with E-state index in [4.69, 9.17) is 23.1 Å². The van der Waals surface area contributed by atoms with Gasteiger partial charge in [-0.05, 0) is 46.7 Å². The summed E-state index contributed by atoms with van der Waals surface area (Å²) in [5.41, 5.74) is 12.7. The van der Waals surface area contributed by atoms with Crippen molar-refractivity contribution >= 4 is 34.2 Å². The van der Waals surface area contributed by atoms with Crippen LogP contribution >= 0.6 is 11.6 Å². The third kappa shape index (κ3) is 3.00. The van der Waals surface area contributed by atoms with Crippen LogP contribution in [0, 0.1) is 0 Å². The van der Waals surface area contributed by atoms with Gasteiger partial charge in [-0.3, -0.25) is 9.78 Å². The summed E-state index contributed by atoms with van der Waals surface area (Å²) in [6, 6.07) is 12.7. The van der Waals surface area contributed by atoms with E-state index in [1.54, 1.807) is 24.5 Å². The molecule has 0 radical (unpaired) electrons. The topological polar surface area (TPSA) is 94.4 Å². The maximum Gasteiger partial charge on any atom is 0.280 e. The van der Waals surface area contributed by atoms with Crippen LogP contribution < -0.4 is 11.5 Å². The maximum absolute atomic E-state index is 12.0. The number of nitrogens with two attached hydrogens (primary N) is 2. The normalized spacial score (nSPS) is 10.5. The van der Waals surface area contributed by atoms with Crippen LogP contribution in [-0.2, 0) is 0 Å². The Morgan fingerprint density at radius 2 is 1.74 bits per heavy atom. The Kier molecular flexibility index (Phi) is 3.95. The number of hydrogen-bond acceptors (Lipinski definition) is 2. The molecule has 6 heteroatoms. The van der Waals surface area contributed by atoms with Gasteiger partial charge in [-0.2, -0.15) is 4.99 Å². The second-order valence-electron chi connectivity index (χ2n) is 4.94. The average molecular weight is 325 g/mol. The lowest BCUT2D eigenvalue weighted by molar-refractivity contribution is 0.100. The largest absolute Gasteiger partial charge is 0.370 e. The summed E-state index contributed by atoms with van der Waals surface area (Å²) in [5, 5.41) is 2.40. The summed E-state index contributed by atoms with van der Waals surface area (Å²) in [6.07, 6.45) is 3.39. The van der Waals surface area contributed by atoms with E-state index in [2.05, 4.69) is 9.98 Å². The Hall–Kier alpha value is -2.92. The molecular formula is C17H13ClN4O. The number of rotatable bonds is 2. The third-order valence-electron chi connectivity index (χ3n) is 3.42. The van der Waals surface area contributed by atoms with Gasteiger partial charge >= 0.3 is 0 Å². The van der Waals surface area contributed by atoms with Crippen LogP contribution in [0.15, 0.2) is 59.9 Å². The molecule has 0 unspecified atom stereocenters. The van der Waals surface area contributed by atoms with E-state index >= 15 is 0 Å². The van der Waals surface area contributed by atoms with Gasteiger partial charge in [-0.25, -0.2) is 0 Å². The van der Waals surface area contributed by atoms with E-state index in [1.807, 2.05) is 30.3 Å². The van der Waals surface area contributed by atoms with Gasteiger partial charge in [0.15, 0.2) is 5.96 Å². The van der Waals surface area contributed by atoms with E-state index < -0.39 is 5.91 Å². The van der Waals surface area contributed by atoms with Gasteiger partial charge in [0, 0.05) is 28.5 Å². The molecular weight excluding hydrogens is 312 g/mol. The summed E-state index contributed by atoms with van der Waals surface area (Å²) in [7, 11) is 0. The number of nitrogens with zero attached hydrogens (tertiary/aromatic N) is 2. The predicted molar refractivity (Wildman–Crippen MR) is 92.3 cm³/mol. The first kappa shape index (κ1) is 15.0. The molecule has 1 amide bonds. The molecule has 1 heterocycles. The molecule has 0 saturated heterocycles. The molecule has 3 aromatic rings. The number of guanidine groups is 1. The summed E-state index contributed by atoms with van der Waals surface area (Å²) in [6.45, 7) is 0. The van der Waals surface area contributed by atoms with E-state index in [0.717, 1.165) is 21.9 Å². The second kappa shape index (κ2) is 6.06. The first-order valence-electron chi connectivity index (χ1n) is 6.83. The average Bonchev–Trinajstić information content (AvgIpc) is 2.54. The molecule has 114 valence electrons. The number of aliphatic imine (C=N–C) groups is 1. The molecule has 2 aromatic carbocycles. The minimum Gasteiger partial charge on any atom is -0.370 e. The van der Waals surface area contributed by atoms with Crippen molar-refractivity contribution in [2.45, 2.75) is 0 Å². The van der Waals surface area contributed by atoms with Crippen molar-refractivity contribution in [2.24, 2.45) is 16.5 Å². The molecule has 0 aliphatic carbocycles. The molecule has 0 aliphatic heterocycles. The molecule has 4 N–H and O–H groups in total. The molecule has 3 rings (SSSR count). The zero-order valence-electron chi connectivity index (χ0n) is 12.0. The highest BCUT2D eigenvalue weighted by Gasteiger charge is 2.12. The zero-order valence-corrected chi connectivity index (χ0v) is 12.8. The first-order chi connectivity index (χ1) is 11.1. The number of amides is 1. The molecule has 0 bridgehead atoms. The number of aromatic nitrogens is 1. The monoisotopic (exact) mass is 324 g/mol. The third-order valence-corrected chi connectivity index (χ3v) is 3.73. The van der Waals surface area contributed by atoms with E-state index in [1.165, 1.54) is 0 Å². The number of carbonyl (C=O) groups excluding carboxylic acids is 1. The highest BCUT2D eigenvalue weighted by molar-refractivity contribution is 6.35. The molecule has 5 nitrogen and oxygen atoms in total. The Morgan fingerprint density at radius 1 is 1.04 bits per heavy atom. The Labute approximate surface area is 137 Å². The second-order valence-corrected chi connectivity index (χ2v) is 5.34. The molecule has 1 aromatic heterocycles. The molecule has 0 spiro atoms. The maximum atomic E-state index is 12.0. The number of fused-ring (bicyclic) bond motifs is 1. The lowest BCUT2D eigenvalue weighted by atomic mass is 9.97. The minimum atomic E-state index is -0.493. The van der Waals surface area contributed by atoms with Crippen LogP contribution in [0.1, 0.15) is 10.4 Å². The quantitative estimate of drug-likeness (QED) is 0.559. The number of carbonyl (C=O) groups is 1. The Morgan fingerprint density at radius 3 is 2.43 bits per heavy atom. The smallest absolute Gasteiger partial charge is 0.280 e. The van der Waals surface area contributed by atoms with E-state index in [0.29, 0.717) is 10.6 Å². The number of pyridine rings is 1. The van der Waals surface area contributed by atoms with Crippen molar-refractivity contribution in [1.29, 1.82) is 0 Å². The van der Waals surface area contributed by atoms with Crippen LogP contribution in [0.3, 0.4) is 0 Å². The lowest BCUT2D eigenvalue weighted by Crippen LogP contribution is -2.24. The fourth-order valence-corrected chi connectivity index (χ4v) is 2.69. The molecule has 23 heavy (non-hydrogen) atoms. The fourth-order valence-electron chi connectivity index (χ4n) is 2.42. The van der Waals surface area contributed by atoms with Crippen molar-refractivity contribution < 1.29 is 4.79 Å². The first-order valence-corrected chi connectivity index (χ1v) is 7.20. The SMILES string of the molecule is NC(N)=NC(=O)c1ccc2ccc(Cl)c(-c3ccncc3)c2c1. The molecule has 0 aliphatic rings. The van der Waals surface area contributed by atoms with Crippen LogP contribution in [0.4, 0.5) is 0 Å². The molecule has 0 fully saturated rings. The number of hydrogen-bond donors (Lipinski definition) is 2. The summed E-state index contributed by atoms with van der Waals surface area (Å²) < 4.78 is 0. The fraction of sp³-hybridized carbons (Fsp3) is 0. The standard InChI is InChI=1S/C17H13ClN4O/c18-14-4-3-10-1-2-12(16(23)22-17(19)20)9-13(10)15(14)11-5-7-21-8-6-11/h1-9H,(H4,19,20,22,23). The van der Waals surface area contributed by atoms with Crippen LogP contribution in [0.25, 0.3) is 21.9 Å². The van der Waals surface area contributed by atoms with Crippen LogP contribution in [0.2, 0.25) is 5.02 Å².